The van der Waals surface area contributed by atoms with Crippen molar-refractivity contribution in [2.75, 3.05) is 12.1 Å². The standard InChI is InChI=1S/C17H15N5O4S/c18-27(23,24)8-11-3-1-4-12(7-11)21-17-20-9-19-16(22-17)13-5-2-6-14-15(13)26-10-25-14/h1-7,9H,8,10H2,(H2,18,23,24)(H,19,20,21,22). The van der Waals surface area contributed by atoms with Crippen molar-refractivity contribution >= 4 is 21.7 Å². The van der Waals surface area contributed by atoms with Gasteiger partial charge in [0.15, 0.2) is 17.3 Å². The molecule has 27 heavy (non-hydrogen) atoms. The van der Waals surface area contributed by atoms with Gasteiger partial charge in [-0.3, -0.25) is 0 Å². The Morgan fingerprint density at radius 1 is 1.11 bits per heavy atom. The van der Waals surface area contributed by atoms with E-state index in [9.17, 15) is 8.42 Å². The summed E-state index contributed by atoms with van der Waals surface area (Å²) in [6, 6.07) is 12.3. The number of aromatic nitrogens is 3. The third kappa shape index (κ3) is 3.96. The average Bonchev–Trinajstić information content (AvgIpc) is 3.09. The van der Waals surface area contributed by atoms with Crippen LogP contribution in [0.4, 0.5) is 11.6 Å². The van der Waals surface area contributed by atoms with Crippen LogP contribution < -0.4 is 19.9 Å². The second-order valence-corrected chi connectivity index (χ2v) is 7.42. The lowest BCUT2D eigenvalue weighted by Gasteiger charge is -2.08. The molecule has 0 aliphatic carbocycles. The number of anilines is 2. The lowest BCUT2D eigenvalue weighted by atomic mass is 10.2. The van der Waals surface area contributed by atoms with Crippen LogP contribution >= 0.6 is 0 Å². The summed E-state index contributed by atoms with van der Waals surface area (Å²) in [7, 11) is -3.61. The molecule has 2 heterocycles. The van der Waals surface area contributed by atoms with Crippen molar-refractivity contribution in [3.8, 4) is 22.9 Å². The zero-order valence-electron chi connectivity index (χ0n) is 14.0. The molecular weight excluding hydrogens is 370 g/mol. The smallest absolute Gasteiger partial charge is 0.231 e. The molecule has 138 valence electrons. The van der Waals surface area contributed by atoms with Crippen LogP contribution in [-0.2, 0) is 15.8 Å². The molecule has 0 amide bonds. The fourth-order valence-electron chi connectivity index (χ4n) is 2.69. The average molecular weight is 385 g/mol. The van der Waals surface area contributed by atoms with Gasteiger partial charge in [0.25, 0.3) is 0 Å². The van der Waals surface area contributed by atoms with E-state index in [0.717, 1.165) is 0 Å². The van der Waals surface area contributed by atoms with Gasteiger partial charge in [-0.2, -0.15) is 4.98 Å². The maximum absolute atomic E-state index is 11.3. The normalized spacial score (nSPS) is 12.8. The number of para-hydroxylation sites is 1. The number of nitrogens with zero attached hydrogens (tertiary/aromatic N) is 3. The van der Waals surface area contributed by atoms with Crippen molar-refractivity contribution in [2.45, 2.75) is 5.75 Å². The molecule has 10 heteroatoms. The molecule has 2 aromatic carbocycles. The second-order valence-electron chi connectivity index (χ2n) is 5.80. The van der Waals surface area contributed by atoms with Gasteiger partial charge in [0.2, 0.25) is 22.8 Å². The Kier molecular flexibility index (Phi) is 4.34. The largest absolute Gasteiger partial charge is 0.454 e. The number of nitrogens with one attached hydrogen (secondary N) is 1. The van der Waals surface area contributed by atoms with E-state index in [4.69, 9.17) is 14.6 Å². The minimum Gasteiger partial charge on any atom is -0.454 e. The van der Waals surface area contributed by atoms with Gasteiger partial charge in [0, 0.05) is 5.69 Å². The van der Waals surface area contributed by atoms with Crippen LogP contribution in [0.2, 0.25) is 0 Å². The summed E-state index contributed by atoms with van der Waals surface area (Å²) in [5.74, 6) is 1.71. The number of ether oxygens (including phenoxy) is 2. The van der Waals surface area contributed by atoms with E-state index >= 15 is 0 Å². The number of hydrogen-bond donors (Lipinski definition) is 2. The van der Waals surface area contributed by atoms with E-state index in [1.54, 1.807) is 24.3 Å². The molecule has 1 aliphatic rings. The maximum Gasteiger partial charge on any atom is 0.231 e. The van der Waals surface area contributed by atoms with Gasteiger partial charge in [-0.1, -0.05) is 18.2 Å². The SMILES string of the molecule is NS(=O)(=O)Cc1cccc(Nc2ncnc(-c3cccc4c3OCO4)n2)c1. The first-order valence-corrected chi connectivity index (χ1v) is 9.64. The van der Waals surface area contributed by atoms with Gasteiger partial charge in [0.1, 0.15) is 6.33 Å². The Morgan fingerprint density at radius 2 is 1.96 bits per heavy atom. The molecule has 0 saturated carbocycles. The van der Waals surface area contributed by atoms with Gasteiger partial charge in [0.05, 0.1) is 11.3 Å². The minimum absolute atomic E-state index is 0.152. The molecule has 4 rings (SSSR count). The Balaban J connectivity index is 1.61. The first kappa shape index (κ1) is 17.2. The second kappa shape index (κ2) is 6.82. The predicted molar refractivity (Wildman–Crippen MR) is 97.9 cm³/mol. The van der Waals surface area contributed by atoms with Crippen LogP contribution in [0.3, 0.4) is 0 Å². The third-order valence-corrected chi connectivity index (χ3v) is 4.50. The van der Waals surface area contributed by atoms with E-state index < -0.39 is 10.0 Å². The number of fused-ring (bicyclic) bond motifs is 1. The fraction of sp³-hybridized carbons (Fsp3) is 0.118. The number of nitrogens with two attached hydrogens (primary N) is 1. The van der Waals surface area contributed by atoms with Crippen LogP contribution in [0.5, 0.6) is 11.5 Å². The van der Waals surface area contributed by atoms with Crippen molar-refractivity contribution in [3.63, 3.8) is 0 Å². The van der Waals surface area contributed by atoms with Gasteiger partial charge >= 0.3 is 0 Å². The zero-order chi connectivity index (χ0) is 18.9. The predicted octanol–water partition coefficient (Wildman–Crippen LogP) is 1.80. The summed E-state index contributed by atoms with van der Waals surface area (Å²) in [5.41, 5.74) is 1.88. The molecule has 0 atom stereocenters. The molecule has 9 nitrogen and oxygen atoms in total. The molecule has 1 aromatic heterocycles. The molecule has 0 bridgehead atoms. The molecule has 0 unspecified atom stereocenters. The van der Waals surface area contributed by atoms with E-state index in [2.05, 4.69) is 20.3 Å². The highest BCUT2D eigenvalue weighted by Gasteiger charge is 2.20. The molecule has 3 N–H and O–H groups in total. The molecule has 1 aliphatic heterocycles. The summed E-state index contributed by atoms with van der Waals surface area (Å²) in [4.78, 5) is 12.7. The van der Waals surface area contributed by atoms with Crippen molar-refractivity contribution in [1.29, 1.82) is 0 Å². The van der Waals surface area contributed by atoms with Gasteiger partial charge < -0.3 is 14.8 Å². The zero-order valence-corrected chi connectivity index (χ0v) is 14.8. The van der Waals surface area contributed by atoms with Gasteiger partial charge in [-0.05, 0) is 29.8 Å². The van der Waals surface area contributed by atoms with Crippen LogP contribution in [0, 0.1) is 0 Å². The lowest BCUT2D eigenvalue weighted by Crippen LogP contribution is -2.14. The van der Waals surface area contributed by atoms with E-state index in [0.29, 0.717) is 40.1 Å². The van der Waals surface area contributed by atoms with E-state index in [1.807, 2.05) is 18.2 Å². The van der Waals surface area contributed by atoms with Gasteiger partial charge in [-0.15, -0.1) is 0 Å². The number of rotatable bonds is 5. The minimum atomic E-state index is -3.61. The first-order chi connectivity index (χ1) is 13.0. The highest BCUT2D eigenvalue weighted by atomic mass is 32.2. The van der Waals surface area contributed by atoms with Crippen LogP contribution in [-0.4, -0.2) is 30.2 Å². The van der Waals surface area contributed by atoms with Crippen LogP contribution in [0.15, 0.2) is 48.8 Å². The Bertz CT molecular complexity index is 1100. The molecule has 0 radical (unpaired) electrons. The third-order valence-electron chi connectivity index (χ3n) is 3.76. The van der Waals surface area contributed by atoms with Crippen molar-refractivity contribution < 1.29 is 17.9 Å². The topological polar surface area (TPSA) is 129 Å². The number of benzene rings is 2. The molecule has 0 fully saturated rings. The van der Waals surface area contributed by atoms with Crippen molar-refractivity contribution in [2.24, 2.45) is 5.14 Å². The van der Waals surface area contributed by atoms with Crippen LogP contribution in [0.1, 0.15) is 5.56 Å². The molecule has 0 saturated heterocycles. The Labute approximate surface area is 155 Å². The van der Waals surface area contributed by atoms with Gasteiger partial charge in [-0.25, -0.2) is 23.5 Å². The van der Waals surface area contributed by atoms with Crippen molar-refractivity contribution in [1.82, 2.24) is 15.0 Å². The van der Waals surface area contributed by atoms with E-state index in [-0.39, 0.29) is 12.5 Å². The lowest BCUT2D eigenvalue weighted by molar-refractivity contribution is 0.174. The highest BCUT2D eigenvalue weighted by Crippen LogP contribution is 2.39. The summed E-state index contributed by atoms with van der Waals surface area (Å²) in [6.45, 7) is 0.152. The summed E-state index contributed by atoms with van der Waals surface area (Å²) in [6.07, 6.45) is 1.38. The monoisotopic (exact) mass is 385 g/mol. The van der Waals surface area contributed by atoms with Crippen LogP contribution in [0.25, 0.3) is 11.4 Å². The molecule has 0 spiro atoms. The Morgan fingerprint density at radius 3 is 2.81 bits per heavy atom. The fourth-order valence-corrected chi connectivity index (χ4v) is 3.34. The number of primary sulfonamides is 1. The van der Waals surface area contributed by atoms with E-state index in [1.165, 1.54) is 6.33 Å². The Hall–Kier alpha value is -3.24. The quantitative estimate of drug-likeness (QED) is 0.680. The van der Waals surface area contributed by atoms with Crippen molar-refractivity contribution in [3.05, 3.63) is 54.4 Å². The molecule has 3 aromatic rings. The number of hydrogen-bond acceptors (Lipinski definition) is 8. The highest BCUT2D eigenvalue weighted by molar-refractivity contribution is 7.88. The summed E-state index contributed by atoms with van der Waals surface area (Å²) >= 11 is 0. The first-order valence-electron chi connectivity index (χ1n) is 7.92. The number of sulfonamides is 1. The summed E-state index contributed by atoms with van der Waals surface area (Å²) in [5, 5.41) is 8.13. The summed E-state index contributed by atoms with van der Waals surface area (Å²) < 4.78 is 33.4. The maximum atomic E-state index is 11.3. The molecular formula is C17H15N5O4S.